The number of rotatable bonds is 7. The zero-order chi connectivity index (χ0) is 16.8. The molecule has 0 spiro atoms. The van der Waals surface area contributed by atoms with Crippen LogP contribution < -0.4 is 10.2 Å². The minimum Gasteiger partial charge on any atom is -0.423 e. The number of aromatic nitrogens is 1. The fraction of sp³-hybridized carbons (Fsp3) is 0.500. The van der Waals surface area contributed by atoms with Crippen LogP contribution in [0.4, 0.5) is 16.5 Å². The van der Waals surface area contributed by atoms with E-state index in [1.54, 1.807) is 21.9 Å². The topological polar surface area (TPSA) is 81.8 Å². The molecule has 0 aliphatic rings. The minimum atomic E-state index is -0.223. The summed E-state index contributed by atoms with van der Waals surface area (Å²) in [4.78, 5) is 20.0. The van der Waals surface area contributed by atoms with E-state index >= 15 is 0 Å². The summed E-state index contributed by atoms with van der Waals surface area (Å²) in [6, 6.07) is 5.65. The lowest BCUT2D eigenvalue weighted by atomic mass is 10.3. The second-order valence-electron chi connectivity index (χ2n) is 5.57. The number of unbranched alkanes of at least 4 members (excludes halogenated alkanes) is 1. The highest BCUT2D eigenvalue weighted by Gasteiger charge is 2.14. The van der Waals surface area contributed by atoms with Crippen molar-refractivity contribution in [3.63, 3.8) is 0 Å². The zero-order valence-electron chi connectivity index (χ0n) is 13.9. The molecule has 0 atom stereocenters. The standard InChI is InChI=1S/C16H24N4O3/c1-4-5-8-20(9-10-21)15(22)17-12-6-7-13-14(11-12)23-16(18-13)19(2)3/h6-7,11,21H,4-5,8-10H2,1-3H3,(H,17,22). The fourth-order valence-corrected chi connectivity index (χ4v) is 2.17. The largest absolute Gasteiger partial charge is 0.423 e. The van der Waals surface area contributed by atoms with Crippen LogP contribution in [0.5, 0.6) is 0 Å². The van der Waals surface area contributed by atoms with Gasteiger partial charge < -0.3 is 24.6 Å². The van der Waals surface area contributed by atoms with Crippen molar-refractivity contribution >= 4 is 28.8 Å². The normalized spacial score (nSPS) is 10.8. The van der Waals surface area contributed by atoms with Gasteiger partial charge in [-0.05, 0) is 18.6 Å². The number of fused-ring (bicyclic) bond motifs is 1. The molecule has 7 nitrogen and oxygen atoms in total. The third-order valence-electron chi connectivity index (χ3n) is 3.45. The van der Waals surface area contributed by atoms with Crippen molar-refractivity contribution in [2.75, 3.05) is 44.0 Å². The number of carbonyl (C=O) groups excluding carboxylic acids is 1. The molecule has 2 rings (SSSR count). The maximum atomic E-state index is 12.3. The number of aliphatic hydroxyl groups excluding tert-OH is 1. The van der Waals surface area contributed by atoms with E-state index in [1.165, 1.54) is 0 Å². The van der Waals surface area contributed by atoms with E-state index in [2.05, 4.69) is 17.2 Å². The maximum absolute atomic E-state index is 12.3. The van der Waals surface area contributed by atoms with E-state index in [-0.39, 0.29) is 12.6 Å². The lowest BCUT2D eigenvalue weighted by Crippen LogP contribution is -2.37. The van der Waals surface area contributed by atoms with E-state index in [9.17, 15) is 4.79 Å². The van der Waals surface area contributed by atoms with Crippen molar-refractivity contribution in [1.82, 2.24) is 9.88 Å². The van der Waals surface area contributed by atoms with Crippen LogP contribution in [0.3, 0.4) is 0 Å². The molecule has 0 aliphatic heterocycles. The molecule has 0 fully saturated rings. The molecule has 0 aliphatic carbocycles. The average Bonchev–Trinajstić information content (AvgIpc) is 2.94. The van der Waals surface area contributed by atoms with Gasteiger partial charge >= 0.3 is 6.03 Å². The van der Waals surface area contributed by atoms with E-state index in [4.69, 9.17) is 9.52 Å². The van der Waals surface area contributed by atoms with Gasteiger partial charge in [0.1, 0.15) is 5.52 Å². The van der Waals surface area contributed by atoms with Crippen LogP contribution in [0.15, 0.2) is 22.6 Å². The van der Waals surface area contributed by atoms with E-state index in [0.717, 1.165) is 18.4 Å². The van der Waals surface area contributed by atoms with Crippen LogP contribution in [-0.4, -0.2) is 54.8 Å². The van der Waals surface area contributed by atoms with Gasteiger partial charge in [-0.1, -0.05) is 13.3 Å². The highest BCUT2D eigenvalue weighted by atomic mass is 16.4. The van der Waals surface area contributed by atoms with Crippen molar-refractivity contribution in [2.24, 2.45) is 0 Å². The van der Waals surface area contributed by atoms with E-state index in [1.807, 2.05) is 20.2 Å². The van der Waals surface area contributed by atoms with Gasteiger partial charge in [0.2, 0.25) is 0 Å². The minimum absolute atomic E-state index is 0.0511. The summed E-state index contributed by atoms with van der Waals surface area (Å²) < 4.78 is 5.63. The van der Waals surface area contributed by atoms with Gasteiger partial charge in [-0.25, -0.2) is 4.79 Å². The Balaban J connectivity index is 2.11. The number of urea groups is 1. The van der Waals surface area contributed by atoms with Crippen molar-refractivity contribution < 1.29 is 14.3 Å². The van der Waals surface area contributed by atoms with Crippen molar-refractivity contribution in [2.45, 2.75) is 19.8 Å². The molecule has 1 aromatic heterocycles. The molecule has 0 saturated heterocycles. The zero-order valence-corrected chi connectivity index (χ0v) is 13.9. The summed E-state index contributed by atoms with van der Waals surface area (Å²) in [6.45, 7) is 2.96. The molecule has 2 aromatic rings. The highest BCUT2D eigenvalue weighted by molar-refractivity contribution is 5.91. The smallest absolute Gasteiger partial charge is 0.321 e. The van der Waals surface area contributed by atoms with Gasteiger partial charge in [0.05, 0.1) is 6.61 Å². The van der Waals surface area contributed by atoms with E-state index < -0.39 is 0 Å². The molecule has 0 bridgehead atoms. The summed E-state index contributed by atoms with van der Waals surface area (Å²) in [5.41, 5.74) is 2.00. The Hall–Kier alpha value is -2.28. The Morgan fingerprint density at radius 1 is 1.35 bits per heavy atom. The van der Waals surface area contributed by atoms with Crippen LogP contribution >= 0.6 is 0 Å². The Morgan fingerprint density at radius 3 is 2.78 bits per heavy atom. The summed E-state index contributed by atoms with van der Waals surface area (Å²) in [5, 5.41) is 11.9. The van der Waals surface area contributed by atoms with E-state index in [0.29, 0.717) is 30.4 Å². The second kappa shape index (κ2) is 7.82. The average molecular weight is 320 g/mol. The predicted molar refractivity (Wildman–Crippen MR) is 90.9 cm³/mol. The van der Waals surface area contributed by atoms with Gasteiger partial charge in [0.25, 0.3) is 6.01 Å². The van der Waals surface area contributed by atoms with Crippen LogP contribution in [0, 0.1) is 0 Å². The van der Waals surface area contributed by atoms with Gasteiger partial charge in [-0.15, -0.1) is 0 Å². The molecular formula is C16H24N4O3. The van der Waals surface area contributed by atoms with Crippen LogP contribution in [0.1, 0.15) is 19.8 Å². The molecule has 2 amide bonds. The molecule has 0 saturated carbocycles. The molecule has 0 unspecified atom stereocenters. The van der Waals surface area contributed by atoms with Gasteiger partial charge in [0.15, 0.2) is 5.58 Å². The lowest BCUT2D eigenvalue weighted by molar-refractivity contribution is 0.187. The van der Waals surface area contributed by atoms with Crippen LogP contribution in [0.2, 0.25) is 0 Å². The molecule has 1 heterocycles. The van der Waals surface area contributed by atoms with Gasteiger partial charge in [-0.3, -0.25) is 0 Å². The number of nitrogens with zero attached hydrogens (tertiary/aromatic N) is 3. The fourth-order valence-electron chi connectivity index (χ4n) is 2.17. The number of aliphatic hydroxyl groups is 1. The summed E-state index contributed by atoms with van der Waals surface area (Å²) >= 11 is 0. The first kappa shape index (κ1) is 17.1. The first-order valence-corrected chi connectivity index (χ1v) is 7.80. The number of oxazole rings is 1. The Bertz CT molecular complexity index is 654. The third kappa shape index (κ3) is 4.35. The quantitative estimate of drug-likeness (QED) is 0.819. The number of hydrogen-bond acceptors (Lipinski definition) is 5. The van der Waals surface area contributed by atoms with Gasteiger partial charge in [-0.2, -0.15) is 4.98 Å². The Kier molecular flexibility index (Phi) is 5.81. The number of hydrogen-bond donors (Lipinski definition) is 2. The monoisotopic (exact) mass is 320 g/mol. The van der Waals surface area contributed by atoms with Crippen molar-refractivity contribution in [3.8, 4) is 0 Å². The first-order valence-electron chi connectivity index (χ1n) is 7.80. The number of benzene rings is 1. The summed E-state index contributed by atoms with van der Waals surface area (Å²) in [5.74, 6) is 0. The second-order valence-corrected chi connectivity index (χ2v) is 5.57. The third-order valence-corrected chi connectivity index (χ3v) is 3.45. The first-order chi connectivity index (χ1) is 11.0. The number of amides is 2. The molecule has 23 heavy (non-hydrogen) atoms. The SMILES string of the molecule is CCCCN(CCO)C(=O)Nc1ccc2nc(N(C)C)oc2c1. The molecule has 126 valence electrons. The molecule has 7 heteroatoms. The highest BCUT2D eigenvalue weighted by Crippen LogP contribution is 2.23. The van der Waals surface area contributed by atoms with Gasteiger partial charge in [0, 0.05) is 38.9 Å². The van der Waals surface area contributed by atoms with Crippen LogP contribution in [0.25, 0.3) is 11.1 Å². The summed E-state index contributed by atoms with van der Waals surface area (Å²) in [6.07, 6.45) is 1.90. The number of nitrogens with one attached hydrogen (secondary N) is 1. The molecule has 1 aromatic carbocycles. The number of carbonyl (C=O) groups is 1. The molecule has 0 radical (unpaired) electrons. The summed E-state index contributed by atoms with van der Waals surface area (Å²) in [7, 11) is 3.71. The molecular weight excluding hydrogens is 296 g/mol. The predicted octanol–water partition coefficient (Wildman–Crippen LogP) is 2.52. The lowest BCUT2D eigenvalue weighted by Gasteiger charge is -2.21. The Labute approximate surface area is 135 Å². The number of anilines is 2. The molecule has 2 N–H and O–H groups in total. The van der Waals surface area contributed by atoms with Crippen molar-refractivity contribution in [3.05, 3.63) is 18.2 Å². The maximum Gasteiger partial charge on any atom is 0.321 e. The van der Waals surface area contributed by atoms with Crippen molar-refractivity contribution in [1.29, 1.82) is 0 Å². The Morgan fingerprint density at radius 2 is 2.13 bits per heavy atom. The van der Waals surface area contributed by atoms with Crippen LogP contribution in [-0.2, 0) is 0 Å².